The van der Waals surface area contributed by atoms with Crippen LogP contribution in [0.3, 0.4) is 0 Å². The van der Waals surface area contributed by atoms with Gasteiger partial charge in [-0.1, -0.05) is 13.0 Å². The van der Waals surface area contributed by atoms with Gasteiger partial charge < -0.3 is 14.4 Å². The number of piperidine rings is 1. The van der Waals surface area contributed by atoms with E-state index in [4.69, 9.17) is 4.42 Å². The standard InChI is InChI=1S/C26H27N3O3S/c1-3-17-10-20-24(31)22(26-28-16(2)15-33-26)14-32-25(20)21(23(17)30)13-29-9-5-7-19(12-29)18-6-4-8-27-11-18/h4,6,8,10-11,14-15,19,30H,3,5,7,9,12-13H2,1-2H3/p+1/t19-/m1/s1. The molecule has 1 fully saturated rings. The number of aromatic nitrogens is 2. The number of rotatable bonds is 5. The van der Waals surface area contributed by atoms with Crippen molar-refractivity contribution < 1.29 is 14.4 Å². The molecular formula is C26H28N3O3S+. The quantitative estimate of drug-likeness (QED) is 0.471. The Morgan fingerprint density at radius 3 is 2.97 bits per heavy atom. The topological polar surface area (TPSA) is 80.7 Å². The lowest BCUT2D eigenvalue weighted by Gasteiger charge is -2.30. The Balaban J connectivity index is 1.54. The monoisotopic (exact) mass is 462 g/mol. The summed E-state index contributed by atoms with van der Waals surface area (Å²) in [7, 11) is 0. The molecule has 1 aromatic carbocycles. The summed E-state index contributed by atoms with van der Waals surface area (Å²) < 4.78 is 6.04. The maximum Gasteiger partial charge on any atom is 0.202 e. The number of hydrogen-bond acceptors (Lipinski definition) is 6. The van der Waals surface area contributed by atoms with Crippen LogP contribution in [-0.2, 0) is 13.0 Å². The molecule has 1 aliphatic rings. The van der Waals surface area contributed by atoms with Crippen molar-refractivity contribution in [2.45, 2.75) is 45.6 Å². The van der Waals surface area contributed by atoms with Crippen molar-refractivity contribution in [1.82, 2.24) is 9.97 Å². The molecule has 0 bridgehead atoms. The Labute approximate surface area is 196 Å². The fourth-order valence-electron chi connectivity index (χ4n) is 4.91. The molecule has 1 saturated heterocycles. The lowest BCUT2D eigenvalue weighted by molar-refractivity contribution is -0.919. The fraction of sp³-hybridized carbons (Fsp3) is 0.346. The fourth-order valence-corrected chi connectivity index (χ4v) is 5.71. The SMILES string of the molecule is CCc1cc2c(=O)c(-c3nc(C)cs3)coc2c(C[NH+]2CCC[C@@H](c3cccnc3)C2)c1O. The van der Waals surface area contributed by atoms with Crippen LogP contribution < -0.4 is 10.3 Å². The summed E-state index contributed by atoms with van der Waals surface area (Å²) in [4.78, 5) is 23.5. The lowest BCUT2D eigenvalue weighted by Crippen LogP contribution is -3.12. The number of hydrogen-bond donors (Lipinski definition) is 2. The van der Waals surface area contributed by atoms with E-state index < -0.39 is 0 Å². The number of nitrogens with zero attached hydrogens (tertiary/aromatic N) is 2. The van der Waals surface area contributed by atoms with Crippen LogP contribution in [0.15, 0.2) is 51.4 Å². The van der Waals surface area contributed by atoms with Crippen molar-refractivity contribution in [3.05, 3.63) is 74.8 Å². The molecule has 5 rings (SSSR count). The van der Waals surface area contributed by atoms with Gasteiger partial charge in [-0.2, -0.15) is 0 Å². The Morgan fingerprint density at radius 1 is 1.36 bits per heavy atom. The number of phenols is 1. The maximum absolute atomic E-state index is 13.4. The van der Waals surface area contributed by atoms with Crippen molar-refractivity contribution >= 4 is 22.3 Å². The number of pyridine rings is 1. The maximum atomic E-state index is 13.4. The average Bonchev–Trinajstić information content (AvgIpc) is 3.27. The molecule has 4 heterocycles. The van der Waals surface area contributed by atoms with Gasteiger partial charge in [0.2, 0.25) is 5.43 Å². The van der Waals surface area contributed by atoms with Crippen LogP contribution >= 0.6 is 11.3 Å². The van der Waals surface area contributed by atoms with Gasteiger partial charge in [-0.05, 0) is 49.4 Å². The van der Waals surface area contributed by atoms with Crippen LogP contribution in [-0.4, -0.2) is 28.2 Å². The van der Waals surface area contributed by atoms with Crippen LogP contribution in [0.4, 0.5) is 0 Å². The Hall–Kier alpha value is -3.03. The number of thiazole rings is 1. The van der Waals surface area contributed by atoms with Crippen LogP contribution in [0.1, 0.15) is 48.1 Å². The molecule has 0 spiro atoms. The van der Waals surface area contributed by atoms with Crippen LogP contribution in [0, 0.1) is 6.92 Å². The molecule has 33 heavy (non-hydrogen) atoms. The first-order valence-electron chi connectivity index (χ1n) is 11.5. The zero-order valence-corrected chi connectivity index (χ0v) is 19.7. The normalized spacial score (nSPS) is 18.6. The van der Waals surface area contributed by atoms with Crippen molar-refractivity contribution in [2.75, 3.05) is 13.1 Å². The molecular weight excluding hydrogens is 434 g/mol. The van der Waals surface area contributed by atoms with Gasteiger partial charge in [-0.25, -0.2) is 4.98 Å². The Bertz CT molecular complexity index is 1350. The summed E-state index contributed by atoms with van der Waals surface area (Å²) in [6.07, 6.45) is 8.16. The molecule has 0 aliphatic carbocycles. The van der Waals surface area contributed by atoms with E-state index in [2.05, 4.69) is 16.0 Å². The van der Waals surface area contributed by atoms with E-state index in [1.165, 1.54) is 28.1 Å². The molecule has 0 amide bonds. The smallest absolute Gasteiger partial charge is 0.202 e. The van der Waals surface area contributed by atoms with E-state index in [-0.39, 0.29) is 11.2 Å². The van der Waals surface area contributed by atoms with Crippen LogP contribution in [0.25, 0.3) is 21.5 Å². The average molecular weight is 463 g/mol. The number of fused-ring (bicyclic) bond motifs is 1. The molecule has 0 radical (unpaired) electrons. The van der Waals surface area contributed by atoms with Crippen molar-refractivity contribution in [3.8, 4) is 16.3 Å². The van der Waals surface area contributed by atoms with Gasteiger partial charge in [-0.15, -0.1) is 11.3 Å². The highest BCUT2D eigenvalue weighted by atomic mass is 32.1. The molecule has 0 saturated carbocycles. The number of benzene rings is 1. The second-order valence-electron chi connectivity index (χ2n) is 8.87. The minimum Gasteiger partial charge on any atom is -0.507 e. The summed E-state index contributed by atoms with van der Waals surface area (Å²) >= 11 is 1.44. The van der Waals surface area contributed by atoms with E-state index in [1.807, 2.05) is 31.5 Å². The van der Waals surface area contributed by atoms with Crippen LogP contribution in [0.5, 0.6) is 5.75 Å². The lowest BCUT2D eigenvalue weighted by atomic mass is 9.91. The number of aromatic hydroxyl groups is 1. The third-order valence-electron chi connectivity index (χ3n) is 6.64. The first-order valence-corrected chi connectivity index (χ1v) is 12.4. The van der Waals surface area contributed by atoms with Gasteiger partial charge in [0.1, 0.15) is 29.1 Å². The predicted molar refractivity (Wildman–Crippen MR) is 130 cm³/mol. The summed E-state index contributed by atoms with van der Waals surface area (Å²) in [5, 5.41) is 14.2. The van der Waals surface area contributed by atoms with Crippen molar-refractivity contribution in [1.29, 1.82) is 0 Å². The highest BCUT2D eigenvalue weighted by Crippen LogP contribution is 2.32. The van der Waals surface area contributed by atoms with Gasteiger partial charge >= 0.3 is 0 Å². The zero-order valence-electron chi connectivity index (χ0n) is 18.9. The second-order valence-corrected chi connectivity index (χ2v) is 9.73. The van der Waals surface area contributed by atoms with E-state index >= 15 is 0 Å². The van der Waals surface area contributed by atoms with Gasteiger partial charge in [0, 0.05) is 29.4 Å². The molecule has 2 N–H and O–H groups in total. The molecule has 170 valence electrons. The summed E-state index contributed by atoms with van der Waals surface area (Å²) in [5.74, 6) is 0.693. The molecule has 3 aromatic heterocycles. The minimum absolute atomic E-state index is 0.0940. The van der Waals surface area contributed by atoms with Gasteiger partial charge in [0.25, 0.3) is 0 Å². The Kier molecular flexibility index (Phi) is 6.00. The van der Waals surface area contributed by atoms with E-state index in [9.17, 15) is 9.90 Å². The first kappa shape index (κ1) is 21.8. The number of nitrogens with one attached hydrogen (secondary N) is 1. The van der Waals surface area contributed by atoms with Gasteiger partial charge in [-0.3, -0.25) is 9.78 Å². The number of quaternary nitrogens is 1. The van der Waals surface area contributed by atoms with Crippen LogP contribution in [0.2, 0.25) is 0 Å². The minimum atomic E-state index is -0.0940. The third-order valence-corrected chi connectivity index (χ3v) is 7.64. The number of aryl methyl sites for hydroxylation is 2. The molecule has 1 unspecified atom stereocenters. The van der Waals surface area contributed by atoms with E-state index in [1.54, 1.807) is 12.3 Å². The van der Waals surface area contributed by atoms with E-state index in [0.717, 1.165) is 42.8 Å². The summed E-state index contributed by atoms with van der Waals surface area (Å²) in [6.45, 7) is 6.50. The molecule has 2 atom stereocenters. The largest absolute Gasteiger partial charge is 0.507 e. The first-order chi connectivity index (χ1) is 16.0. The molecule has 1 aliphatic heterocycles. The number of phenolic OH excluding ortho intramolecular Hbond substituents is 1. The van der Waals surface area contributed by atoms with Crippen molar-refractivity contribution in [2.24, 2.45) is 0 Å². The van der Waals surface area contributed by atoms with Crippen molar-refractivity contribution in [3.63, 3.8) is 0 Å². The second kappa shape index (κ2) is 9.08. The highest BCUT2D eigenvalue weighted by molar-refractivity contribution is 7.13. The number of likely N-dealkylation sites (tertiary alicyclic amines) is 1. The summed E-state index contributed by atoms with van der Waals surface area (Å²) in [6, 6.07) is 5.92. The van der Waals surface area contributed by atoms with Gasteiger partial charge in [0.15, 0.2) is 0 Å². The van der Waals surface area contributed by atoms with Gasteiger partial charge in [0.05, 0.1) is 29.6 Å². The Morgan fingerprint density at radius 2 is 2.24 bits per heavy atom. The molecule has 4 aromatic rings. The molecule has 6 nitrogen and oxygen atoms in total. The summed E-state index contributed by atoms with van der Waals surface area (Å²) in [5.41, 5.74) is 4.52. The highest BCUT2D eigenvalue weighted by Gasteiger charge is 2.28. The molecule has 7 heteroatoms. The zero-order chi connectivity index (χ0) is 22.9. The predicted octanol–water partition coefficient (Wildman–Crippen LogP) is 3.85. The van der Waals surface area contributed by atoms with E-state index in [0.29, 0.717) is 40.4 Å². The third kappa shape index (κ3) is 4.18.